The Hall–Kier alpha value is -2.09. The SMILES string of the molecule is Cc1c(Br)cccc1NC(=O)NC(CC(=O)O)C(=O)O. The summed E-state index contributed by atoms with van der Waals surface area (Å²) in [4.78, 5) is 33.0. The highest BCUT2D eigenvalue weighted by Crippen LogP contribution is 2.23. The smallest absolute Gasteiger partial charge is 0.326 e. The number of carbonyl (C=O) groups is 3. The van der Waals surface area contributed by atoms with Crippen molar-refractivity contribution in [1.29, 1.82) is 0 Å². The summed E-state index contributed by atoms with van der Waals surface area (Å²) in [7, 11) is 0. The summed E-state index contributed by atoms with van der Waals surface area (Å²) in [5.74, 6) is -2.72. The number of hydrogen-bond donors (Lipinski definition) is 4. The maximum atomic E-state index is 11.7. The van der Waals surface area contributed by atoms with E-state index in [0.717, 1.165) is 10.0 Å². The van der Waals surface area contributed by atoms with Crippen LogP contribution in [-0.4, -0.2) is 34.2 Å². The number of hydrogen-bond acceptors (Lipinski definition) is 3. The second-order valence-electron chi connectivity index (χ2n) is 4.00. The average molecular weight is 345 g/mol. The summed E-state index contributed by atoms with van der Waals surface area (Å²) in [5.41, 5.74) is 1.27. The third-order valence-corrected chi connectivity index (χ3v) is 3.36. The van der Waals surface area contributed by atoms with Crippen LogP contribution in [0.2, 0.25) is 0 Å². The van der Waals surface area contributed by atoms with Gasteiger partial charge in [0.25, 0.3) is 0 Å². The molecule has 1 rings (SSSR count). The van der Waals surface area contributed by atoms with Crippen LogP contribution in [0.3, 0.4) is 0 Å². The minimum absolute atomic E-state index is 0.497. The molecule has 0 aliphatic heterocycles. The number of carbonyl (C=O) groups excluding carboxylic acids is 1. The van der Waals surface area contributed by atoms with Gasteiger partial charge >= 0.3 is 18.0 Å². The van der Waals surface area contributed by atoms with Gasteiger partial charge in [-0.05, 0) is 24.6 Å². The van der Waals surface area contributed by atoms with Gasteiger partial charge in [-0.2, -0.15) is 0 Å². The second kappa shape index (κ2) is 6.90. The van der Waals surface area contributed by atoms with Crippen molar-refractivity contribution in [2.24, 2.45) is 0 Å². The highest BCUT2D eigenvalue weighted by molar-refractivity contribution is 9.10. The Kier molecular flexibility index (Phi) is 5.51. The lowest BCUT2D eigenvalue weighted by atomic mass is 10.2. The van der Waals surface area contributed by atoms with Crippen LogP contribution in [0.4, 0.5) is 10.5 Å². The van der Waals surface area contributed by atoms with Crippen LogP contribution in [0.15, 0.2) is 22.7 Å². The minimum atomic E-state index is -1.49. The summed E-state index contributed by atoms with van der Waals surface area (Å²) in [6, 6.07) is 2.88. The Labute approximate surface area is 123 Å². The average Bonchev–Trinajstić information content (AvgIpc) is 2.33. The number of halogens is 1. The van der Waals surface area contributed by atoms with Crippen LogP contribution < -0.4 is 10.6 Å². The van der Waals surface area contributed by atoms with Crippen molar-refractivity contribution in [3.63, 3.8) is 0 Å². The molecule has 0 bridgehead atoms. The van der Waals surface area contributed by atoms with Gasteiger partial charge in [-0.3, -0.25) is 4.79 Å². The lowest BCUT2D eigenvalue weighted by Gasteiger charge is -2.14. The van der Waals surface area contributed by atoms with E-state index in [1.54, 1.807) is 25.1 Å². The summed E-state index contributed by atoms with van der Waals surface area (Å²) in [6.07, 6.45) is -0.694. The summed E-state index contributed by atoms with van der Waals surface area (Å²) >= 11 is 3.30. The van der Waals surface area contributed by atoms with Crippen molar-refractivity contribution in [2.45, 2.75) is 19.4 Å². The van der Waals surface area contributed by atoms with E-state index in [9.17, 15) is 14.4 Å². The van der Waals surface area contributed by atoms with Gasteiger partial charge in [0.1, 0.15) is 6.04 Å². The molecule has 0 aliphatic carbocycles. The molecule has 0 radical (unpaired) electrons. The molecule has 20 heavy (non-hydrogen) atoms. The van der Waals surface area contributed by atoms with E-state index in [4.69, 9.17) is 10.2 Å². The number of rotatable bonds is 5. The first-order valence-corrected chi connectivity index (χ1v) is 6.37. The number of urea groups is 1. The zero-order chi connectivity index (χ0) is 15.3. The molecular formula is C12H13BrN2O5. The second-order valence-corrected chi connectivity index (χ2v) is 4.85. The van der Waals surface area contributed by atoms with Crippen LogP contribution >= 0.6 is 15.9 Å². The maximum Gasteiger partial charge on any atom is 0.326 e. The third kappa shape index (κ3) is 4.54. The van der Waals surface area contributed by atoms with Crippen molar-refractivity contribution in [2.75, 3.05) is 5.32 Å². The Morgan fingerprint density at radius 3 is 2.50 bits per heavy atom. The highest BCUT2D eigenvalue weighted by atomic mass is 79.9. The van der Waals surface area contributed by atoms with E-state index in [1.807, 2.05) is 0 Å². The van der Waals surface area contributed by atoms with Crippen molar-refractivity contribution >= 4 is 39.6 Å². The van der Waals surface area contributed by atoms with Crippen LogP contribution in [-0.2, 0) is 9.59 Å². The monoisotopic (exact) mass is 344 g/mol. The summed E-state index contributed by atoms with van der Waals surface area (Å²) in [5, 5.41) is 22.0. The van der Waals surface area contributed by atoms with Crippen LogP contribution in [0.25, 0.3) is 0 Å². The van der Waals surface area contributed by atoms with Gasteiger partial charge in [0, 0.05) is 10.2 Å². The van der Waals surface area contributed by atoms with Gasteiger partial charge in [0.2, 0.25) is 0 Å². The standard InChI is InChI=1S/C12H13BrN2O5/c1-6-7(13)3-2-4-8(6)14-12(20)15-9(11(18)19)5-10(16)17/h2-4,9H,5H2,1H3,(H,16,17)(H,18,19)(H2,14,15,20). The molecule has 108 valence electrons. The van der Waals surface area contributed by atoms with E-state index >= 15 is 0 Å². The number of aliphatic carboxylic acids is 2. The molecule has 1 unspecified atom stereocenters. The fourth-order valence-corrected chi connectivity index (χ4v) is 1.80. The first-order valence-electron chi connectivity index (χ1n) is 5.58. The predicted molar refractivity (Wildman–Crippen MR) is 74.7 cm³/mol. The topological polar surface area (TPSA) is 116 Å². The number of amides is 2. The van der Waals surface area contributed by atoms with Crippen molar-refractivity contribution in [1.82, 2.24) is 5.32 Å². The Bertz CT molecular complexity index is 547. The van der Waals surface area contributed by atoms with Gasteiger partial charge in [-0.25, -0.2) is 9.59 Å². The molecule has 1 aromatic carbocycles. The minimum Gasteiger partial charge on any atom is -0.481 e. The van der Waals surface area contributed by atoms with Gasteiger partial charge in [0.05, 0.1) is 6.42 Å². The molecule has 0 saturated carbocycles. The zero-order valence-electron chi connectivity index (χ0n) is 10.5. The van der Waals surface area contributed by atoms with Crippen LogP contribution in [0.5, 0.6) is 0 Å². The zero-order valence-corrected chi connectivity index (χ0v) is 12.1. The van der Waals surface area contributed by atoms with Gasteiger partial charge in [-0.15, -0.1) is 0 Å². The molecule has 1 atom stereocenters. The maximum absolute atomic E-state index is 11.7. The molecule has 2 amide bonds. The van der Waals surface area contributed by atoms with Crippen molar-refractivity contribution in [3.8, 4) is 0 Å². The molecule has 4 N–H and O–H groups in total. The molecule has 7 nitrogen and oxygen atoms in total. The van der Waals surface area contributed by atoms with E-state index in [1.165, 1.54) is 0 Å². The lowest BCUT2D eigenvalue weighted by molar-refractivity contribution is -0.145. The summed E-state index contributed by atoms with van der Waals surface area (Å²) in [6.45, 7) is 1.77. The fourth-order valence-electron chi connectivity index (χ4n) is 1.43. The molecular weight excluding hydrogens is 332 g/mol. The third-order valence-electron chi connectivity index (χ3n) is 2.50. The quantitative estimate of drug-likeness (QED) is 0.650. The van der Waals surface area contributed by atoms with E-state index in [2.05, 4.69) is 26.6 Å². The molecule has 1 aromatic rings. The molecule has 0 aliphatic rings. The Morgan fingerprint density at radius 1 is 1.30 bits per heavy atom. The molecule has 0 heterocycles. The first-order chi connectivity index (χ1) is 9.31. The van der Waals surface area contributed by atoms with E-state index < -0.39 is 30.4 Å². The van der Waals surface area contributed by atoms with Gasteiger partial charge in [0.15, 0.2) is 0 Å². The number of benzene rings is 1. The molecule has 8 heteroatoms. The molecule has 0 spiro atoms. The molecule has 0 fully saturated rings. The van der Waals surface area contributed by atoms with Crippen LogP contribution in [0.1, 0.15) is 12.0 Å². The van der Waals surface area contributed by atoms with Crippen molar-refractivity contribution in [3.05, 3.63) is 28.2 Å². The normalized spacial score (nSPS) is 11.5. The highest BCUT2D eigenvalue weighted by Gasteiger charge is 2.23. The van der Waals surface area contributed by atoms with E-state index in [-0.39, 0.29) is 0 Å². The largest absolute Gasteiger partial charge is 0.481 e. The first kappa shape index (κ1) is 16.0. The van der Waals surface area contributed by atoms with Gasteiger partial charge < -0.3 is 20.8 Å². The molecule has 0 saturated heterocycles. The fraction of sp³-hybridized carbons (Fsp3) is 0.250. The predicted octanol–water partition coefficient (Wildman–Crippen LogP) is 1.81. The van der Waals surface area contributed by atoms with Gasteiger partial charge in [-0.1, -0.05) is 22.0 Å². The number of carboxylic acids is 2. The number of carboxylic acid groups (broad SMARTS) is 2. The van der Waals surface area contributed by atoms with Crippen molar-refractivity contribution < 1.29 is 24.6 Å². The summed E-state index contributed by atoms with van der Waals surface area (Å²) < 4.78 is 0.788. The van der Waals surface area contributed by atoms with Crippen LogP contribution in [0, 0.1) is 6.92 Å². The number of nitrogens with one attached hydrogen (secondary N) is 2. The number of anilines is 1. The Morgan fingerprint density at radius 2 is 1.95 bits per heavy atom. The molecule has 0 aromatic heterocycles. The Balaban J connectivity index is 2.73. The van der Waals surface area contributed by atoms with E-state index in [0.29, 0.717) is 5.69 Å². The lowest BCUT2D eigenvalue weighted by Crippen LogP contribution is -2.44.